The van der Waals surface area contributed by atoms with Gasteiger partial charge in [0.2, 0.25) is 0 Å². The van der Waals surface area contributed by atoms with Crippen LogP contribution in [0, 0.1) is 12.8 Å². The summed E-state index contributed by atoms with van der Waals surface area (Å²) in [5.74, 6) is -0.320. The highest BCUT2D eigenvalue weighted by Gasteiger charge is 2.34. The number of benzene rings is 1. The molecular weight excluding hydrogens is 204 g/mol. The highest BCUT2D eigenvalue weighted by molar-refractivity contribution is 5.71. The molecule has 1 aliphatic carbocycles. The van der Waals surface area contributed by atoms with Crippen molar-refractivity contribution in [3.05, 3.63) is 29.8 Å². The zero-order valence-corrected chi connectivity index (χ0v) is 9.35. The molecular formula is C13H16O3. The molecule has 2 atom stereocenters. The smallest absolute Gasteiger partial charge is 0.310 e. The fourth-order valence-corrected chi connectivity index (χ4v) is 2.14. The Morgan fingerprint density at radius 2 is 2.00 bits per heavy atom. The highest BCUT2D eigenvalue weighted by atomic mass is 16.5. The van der Waals surface area contributed by atoms with E-state index in [1.54, 1.807) is 0 Å². The van der Waals surface area contributed by atoms with Gasteiger partial charge in [-0.25, -0.2) is 0 Å². The van der Waals surface area contributed by atoms with E-state index in [1.807, 2.05) is 31.2 Å². The van der Waals surface area contributed by atoms with Gasteiger partial charge in [-0.2, -0.15) is 0 Å². The van der Waals surface area contributed by atoms with Crippen LogP contribution in [0.4, 0.5) is 0 Å². The number of hydrogen-bond donors (Lipinski definition) is 1. The van der Waals surface area contributed by atoms with E-state index >= 15 is 0 Å². The molecule has 1 aromatic rings. The maximum absolute atomic E-state index is 11.0. The molecule has 0 saturated heterocycles. The van der Waals surface area contributed by atoms with Gasteiger partial charge in [0.05, 0.1) is 5.92 Å². The van der Waals surface area contributed by atoms with Crippen molar-refractivity contribution in [2.75, 3.05) is 0 Å². The van der Waals surface area contributed by atoms with Gasteiger partial charge < -0.3 is 9.84 Å². The van der Waals surface area contributed by atoms with Crippen LogP contribution in [0.25, 0.3) is 0 Å². The molecule has 1 N–H and O–H groups in total. The van der Waals surface area contributed by atoms with Crippen molar-refractivity contribution in [2.45, 2.75) is 32.3 Å². The molecule has 1 aromatic carbocycles. The molecule has 0 aromatic heterocycles. The maximum atomic E-state index is 11.0. The summed E-state index contributed by atoms with van der Waals surface area (Å²) in [6, 6.07) is 7.74. The number of aliphatic carboxylic acids is 1. The molecule has 86 valence electrons. The second-order valence-corrected chi connectivity index (χ2v) is 4.34. The van der Waals surface area contributed by atoms with E-state index in [2.05, 4.69) is 0 Å². The van der Waals surface area contributed by atoms with E-state index in [-0.39, 0.29) is 12.0 Å². The van der Waals surface area contributed by atoms with Crippen molar-refractivity contribution in [2.24, 2.45) is 5.92 Å². The Kier molecular flexibility index (Phi) is 3.13. The van der Waals surface area contributed by atoms with Gasteiger partial charge in [-0.1, -0.05) is 17.7 Å². The molecule has 0 bridgehead atoms. The van der Waals surface area contributed by atoms with Gasteiger partial charge in [-0.3, -0.25) is 4.79 Å². The van der Waals surface area contributed by atoms with Crippen LogP contribution in [0.15, 0.2) is 24.3 Å². The Balaban J connectivity index is 2.03. The molecule has 1 fully saturated rings. The van der Waals surface area contributed by atoms with Crippen molar-refractivity contribution >= 4 is 5.97 Å². The number of carbonyl (C=O) groups is 1. The quantitative estimate of drug-likeness (QED) is 0.851. The summed E-state index contributed by atoms with van der Waals surface area (Å²) in [5, 5.41) is 9.03. The summed E-state index contributed by atoms with van der Waals surface area (Å²) in [5.41, 5.74) is 1.17. The zero-order chi connectivity index (χ0) is 11.5. The predicted octanol–water partition coefficient (Wildman–Crippen LogP) is 2.63. The second-order valence-electron chi connectivity index (χ2n) is 4.34. The van der Waals surface area contributed by atoms with Crippen molar-refractivity contribution in [1.82, 2.24) is 0 Å². The number of rotatable bonds is 3. The van der Waals surface area contributed by atoms with E-state index in [0.29, 0.717) is 0 Å². The lowest BCUT2D eigenvalue weighted by Gasteiger charge is -2.18. The lowest BCUT2D eigenvalue weighted by Crippen LogP contribution is -2.27. The van der Waals surface area contributed by atoms with Crippen LogP contribution in [-0.4, -0.2) is 17.2 Å². The van der Waals surface area contributed by atoms with Crippen LogP contribution in [0.2, 0.25) is 0 Å². The molecule has 0 radical (unpaired) electrons. The third-order valence-electron chi connectivity index (χ3n) is 3.08. The van der Waals surface area contributed by atoms with Gasteiger partial charge in [0, 0.05) is 0 Å². The van der Waals surface area contributed by atoms with Crippen LogP contribution in [-0.2, 0) is 4.79 Å². The fourth-order valence-electron chi connectivity index (χ4n) is 2.14. The van der Waals surface area contributed by atoms with E-state index in [0.717, 1.165) is 25.0 Å². The van der Waals surface area contributed by atoms with Crippen molar-refractivity contribution in [3.63, 3.8) is 0 Å². The summed E-state index contributed by atoms with van der Waals surface area (Å²) in [4.78, 5) is 11.0. The minimum Gasteiger partial charge on any atom is -0.490 e. The summed E-state index contributed by atoms with van der Waals surface area (Å²) in [6.45, 7) is 2.01. The fraction of sp³-hybridized carbons (Fsp3) is 0.462. The van der Waals surface area contributed by atoms with Crippen molar-refractivity contribution < 1.29 is 14.6 Å². The molecule has 0 amide bonds. The van der Waals surface area contributed by atoms with E-state index in [9.17, 15) is 4.79 Å². The first-order valence-electron chi connectivity index (χ1n) is 5.63. The number of aryl methyl sites for hydroxylation is 1. The molecule has 1 aliphatic rings. The molecule has 2 unspecified atom stereocenters. The predicted molar refractivity (Wildman–Crippen MR) is 60.6 cm³/mol. The molecule has 3 nitrogen and oxygen atoms in total. The number of carboxylic acid groups (broad SMARTS) is 1. The van der Waals surface area contributed by atoms with Crippen molar-refractivity contribution in [1.29, 1.82) is 0 Å². The third kappa shape index (κ3) is 2.35. The molecule has 1 saturated carbocycles. The molecule has 0 spiro atoms. The first-order valence-corrected chi connectivity index (χ1v) is 5.63. The SMILES string of the molecule is Cc1ccc(OC2CCCC2C(=O)O)cc1. The van der Waals surface area contributed by atoms with Crippen LogP contribution >= 0.6 is 0 Å². The van der Waals surface area contributed by atoms with Gasteiger partial charge in [0.25, 0.3) is 0 Å². The third-order valence-corrected chi connectivity index (χ3v) is 3.08. The van der Waals surface area contributed by atoms with Gasteiger partial charge in [0.1, 0.15) is 11.9 Å². The Morgan fingerprint density at radius 3 is 2.62 bits per heavy atom. The molecule has 0 aliphatic heterocycles. The average molecular weight is 220 g/mol. The Hall–Kier alpha value is -1.51. The van der Waals surface area contributed by atoms with E-state index < -0.39 is 5.97 Å². The number of ether oxygens (including phenoxy) is 1. The Morgan fingerprint density at radius 1 is 1.31 bits per heavy atom. The van der Waals surface area contributed by atoms with Gasteiger partial charge in [0.15, 0.2) is 0 Å². The monoisotopic (exact) mass is 220 g/mol. The van der Waals surface area contributed by atoms with Gasteiger partial charge in [-0.15, -0.1) is 0 Å². The minimum absolute atomic E-state index is 0.166. The minimum atomic E-state index is -0.741. The normalized spacial score (nSPS) is 24.3. The highest BCUT2D eigenvalue weighted by Crippen LogP contribution is 2.29. The topological polar surface area (TPSA) is 46.5 Å². The zero-order valence-electron chi connectivity index (χ0n) is 9.35. The Bertz CT molecular complexity index is 369. The van der Waals surface area contributed by atoms with Gasteiger partial charge >= 0.3 is 5.97 Å². The summed E-state index contributed by atoms with van der Waals surface area (Å²) in [6.07, 6.45) is 2.34. The average Bonchev–Trinajstić information content (AvgIpc) is 2.69. The van der Waals surface area contributed by atoms with E-state index in [4.69, 9.17) is 9.84 Å². The summed E-state index contributed by atoms with van der Waals surface area (Å²) in [7, 11) is 0. The van der Waals surface area contributed by atoms with Crippen LogP contribution in [0.3, 0.4) is 0 Å². The first kappa shape index (κ1) is 11.0. The Labute approximate surface area is 95.0 Å². The van der Waals surface area contributed by atoms with Crippen molar-refractivity contribution in [3.8, 4) is 5.75 Å². The van der Waals surface area contributed by atoms with Gasteiger partial charge in [-0.05, 0) is 38.3 Å². The second kappa shape index (κ2) is 4.56. The van der Waals surface area contributed by atoms with Crippen LogP contribution in [0.1, 0.15) is 24.8 Å². The lowest BCUT2D eigenvalue weighted by molar-refractivity contribution is -0.143. The lowest BCUT2D eigenvalue weighted by atomic mass is 10.1. The number of hydrogen-bond acceptors (Lipinski definition) is 2. The standard InChI is InChI=1S/C13H16O3/c1-9-5-7-10(8-6-9)16-12-4-2-3-11(12)13(14)15/h5-8,11-12H,2-4H2,1H3,(H,14,15). The molecule has 0 heterocycles. The summed E-state index contributed by atoms with van der Waals surface area (Å²) < 4.78 is 5.72. The molecule has 3 heteroatoms. The number of carboxylic acids is 1. The molecule has 16 heavy (non-hydrogen) atoms. The first-order chi connectivity index (χ1) is 7.66. The van der Waals surface area contributed by atoms with Crippen LogP contribution in [0.5, 0.6) is 5.75 Å². The maximum Gasteiger partial charge on any atom is 0.310 e. The summed E-state index contributed by atoms with van der Waals surface area (Å²) >= 11 is 0. The van der Waals surface area contributed by atoms with Crippen LogP contribution < -0.4 is 4.74 Å². The molecule has 2 rings (SSSR count). The van der Waals surface area contributed by atoms with E-state index in [1.165, 1.54) is 5.56 Å². The largest absolute Gasteiger partial charge is 0.490 e.